The van der Waals surface area contributed by atoms with E-state index in [0.717, 1.165) is 25.0 Å². The van der Waals surface area contributed by atoms with Gasteiger partial charge in [-0.05, 0) is 24.6 Å². The van der Waals surface area contributed by atoms with Crippen LogP contribution in [0.3, 0.4) is 0 Å². The highest BCUT2D eigenvalue weighted by Gasteiger charge is 2.11. The smallest absolute Gasteiger partial charge is 0.338 e. The average molecular weight is 239 g/mol. The van der Waals surface area contributed by atoms with E-state index in [9.17, 15) is 14.0 Å². The Labute approximate surface area is 98.5 Å². The van der Waals surface area contributed by atoms with Gasteiger partial charge in [-0.25, -0.2) is 9.18 Å². The number of hydrogen-bond donors (Lipinski definition) is 2. The van der Waals surface area contributed by atoms with Gasteiger partial charge >= 0.3 is 5.97 Å². The van der Waals surface area contributed by atoms with Crippen molar-refractivity contribution >= 4 is 17.6 Å². The molecule has 0 bridgehead atoms. The van der Waals surface area contributed by atoms with E-state index in [-0.39, 0.29) is 11.6 Å². The minimum Gasteiger partial charge on any atom is -0.478 e. The molecule has 4 nitrogen and oxygen atoms in total. The van der Waals surface area contributed by atoms with Crippen LogP contribution in [0.1, 0.15) is 36.5 Å². The molecule has 0 aliphatic rings. The lowest BCUT2D eigenvalue weighted by Gasteiger charge is -2.05. The van der Waals surface area contributed by atoms with Crippen LogP contribution in [0.4, 0.5) is 10.1 Å². The average Bonchev–Trinajstić information content (AvgIpc) is 2.26. The number of unbranched alkanes of at least 4 members (excludes halogenated alkanes) is 1. The molecule has 0 aliphatic carbocycles. The Kier molecular flexibility index (Phi) is 4.63. The van der Waals surface area contributed by atoms with Crippen LogP contribution in [0.2, 0.25) is 0 Å². The zero-order valence-electron chi connectivity index (χ0n) is 9.50. The van der Waals surface area contributed by atoms with E-state index in [0.29, 0.717) is 6.42 Å². The van der Waals surface area contributed by atoms with Crippen molar-refractivity contribution in [3.63, 3.8) is 0 Å². The number of nitrogens with one attached hydrogen (secondary N) is 1. The molecule has 1 aromatic carbocycles. The van der Waals surface area contributed by atoms with Crippen molar-refractivity contribution in [1.29, 1.82) is 0 Å². The monoisotopic (exact) mass is 239 g/mol. The zero-order valence-corrected chi connectivity index (χ0v) is 9.50. The first-order chi connectivity index (χ1) is 8.04. The molecule has 92 valence electrons. The Bertz CT molecular complexity index is 432. The van der Waals surface area contributed by atoms with Crippen LogP contribution in [0.25, 0.3) is 0 Å². The summed E-state index contributed by atoms with van der Waals surface area (Å²) >= 11 is 0. The highest BCUT2D eigenvalue weighted by molar-refractivity contribution is 5.92. The molecule has 1 aromatic rings. The summed E-state index contributed by atoms with van der Waals surface area (Å²) in [5.41, 5.74) is -0.134. The lowest BCUT2D eigenvalue weighted by atomic mass is 10.2. The fourth-order valence-corrected chi connectivity index (χ4v) is 1.33. The minimum atomic E-state index is -1.33. The van der Waals surface area contributed by atoms with Crippen molar-refractivity contribution < 1.29 is 19.1 Å². The van der Waals surface area contributed by atoms with E-state index in [1.807, 2.05) is 6.92 Å². The predicted molar refractivity (Wildman–Crippen MR) is 61.5 cm³/mol. The summed E-state index contributed by atoms with van der Waals surface area (Å²) in [4.78, 5) is 21.9. The molecule has 0 heterocycles. The van der Waals surface area contributed by atoms with E-state index in [2.05, 4.69) is 5.32 Å². The molecule has 0 radical (unpaired) electrons. The highest BCUT2D eigenvalue weighted by Crippen LogP contribution is 2.15. The van der Waals surface area contributed by atoms with E-state index in [4.69, 9.17) is 5.11 Å². The molecule has 1 amide bonds. The van der Waals surface area contributed by atoms with E-state index in [1.54, 1.807) is 0 Å². The molecular weight excluding hydrogens is 225 g/mol. The number of halogens is 1. The van der Waals surface area contributed by atoms with Crippen molar-refractivity contribution in [3.8, 4) is 0 Å². The first-order valence-corrected chi connectivity index (χ1v) is 5.37. The number of carbonyl (C=O) groups excluding carboxylic acids is 1. The number of rotatable bonds is 5. The molecular formula is C12H14FNO3. The van der Waals surface area contributed by atoms with Crippen LogP contribution >= 0.6 is 0 Å². The van der Waals surface area contributed by atoms with Crippen molar-refractivity contribution in [3.05, 3.63) is 29.6 Å². The SMILES string of the molecule is CCCCC(=O)Nc1ccc(C(=O)O)c(F)c1. The third-order valence-corrected chi connectivity index (χ3v) is 2.24. The Morgan fingerprint density at radius 1 is 1.41 bits per heavy atom. The number of amides is 1. The van der Waals surface area contributed by atoms with E-state index >= 15 is 0 Å². The van der Waals surface area contributed by atoms with Crippen LogP contribution in [0.5, 0.6) is 0 Å². The third-order valence-electron chi connectivity index (χ3n) is 2.24. The van der Waals surface area contributed by atoms with Gasteiger partial charge in [-0.15, -0.1) is 0 Å². The molecule has 0 saturated carbocycles. The summed E-state index contributed by atoms with van der Waals surface area (Å²) in [6.07, 6.45) is 2.04. The van der Waals surface area contributed by atoms with Crippen molar-refractivity contribution in [1.82, 2.24) is 0 Å². The summed E-state index contributed by atoms with van der Waals surface area (Å²) in [6, 6.07) is 3.51. The Hall–Kier alpha value is -1.91. The van der Waals surface area contributed by atoms with Gasteiger partial charge in [0, 0.05) is 12.1 Å². The van der Waals surface area contributed by atoms with Gasteiger partial charge < -0.3 is 10.4 Å². The molecule has 0 aromatic heterocycles. The minimum absolute atomic E-state index is 0.200. The maximum absolute atomic E-state index is 13.3. The second-order valence-electron chi connectivity index (χ2n) is 3.65. The third kappa shape index (κ3) is 3.86. The normalized spacial score (nSPS) is 10.0. The number of carboxylic acids is 1. The summed E-state index contributed by atoms with van der Waals surface area (Å²) < 4.78 is 13.3. The van der Waals surface area contributed by atoms with Crippen LogP contribution in [0.15, 0.2) is 18.2 Å². The Balaban J connectivity index is 2.70. The topological polar surface area (TPSA) is 66.4 Å². The molecule has 0 atom stereocenters. The first kappa shape index (κ1) is 13.2. The largest absolute Gasteiger partial charge is 0.478 e. The predicted octanol–water partition coefficient (Wildman–Crippen LogP) is 2.65. The van der Waals surface area contributed by atoms with Crippen LogP contribution < -0.4 is 5.32 Å². The summed E-state index contributed by atoms with van der Waals surface area (Å²) in [7, 11) is 0. The van der Waals surface area contributed by atoms with Gasteiger partial charge in [0.25, 0.3) is 0 Å². The van der Waals surface area contributed by atoms with Crippen molar-refractivity contribution in [2.45, 2.75) is 26.2 Å². The zero-order chi connectivity index (χ0) is 12.8. The quantitative estimate of drug-likeness (QED) is 0.830. The number of carboxylic acid groups (broad SMARTS) is 1. The van der Waals surface area contributed by atoms with Crippen molar-refractivity contribution in [2.75, 3.05) is 5.32 Å². The lowest BCUT2D eigenvalue weighted by Crippen LogP contribution is -2.11. The second-order valence-corrected chi connectivity index (χ2v) is 3.65. The molecule has 0 spiro atoms. The standard InChI is InChI=1S/C12H14FNO3/c1-2-3-4-11(15)14-8-5-6-9(12(16)17)10(13)7-8/h5-7H,2-4H2,1H3,(H,14,15)(H,16,17). The molecule has 2 N–H and O–H groups in total. The first-order valence-electron chi connectivity index (χ1n) is 5.37. The number of carbonyl (C=O) groups is 2. The van der Waals surface area contributed by atoms with Gasteiger partial charge in [-0.2, -0.15) is 0 Å². The van der Waals surface area contributed by atoms with Crippen molar-refractivity contribution in [2.24, 2.45) is 0 Å². The Morgan fingerprint density at radius 3 is 2.65 bits per heavy atom. The van der Waals surface area contributed by atoms with Gasteiger partial charge in [0.15, 0.2) is 0 Å². The summed E-state index contributed by atoms with van der Waals surface area (Å²) in [6.45, 7) is 1.97. The van der Waals surface area contributed by atoms with Gasteiger partial charge in [0.1, 0.15) is 5.82 Å². The molecule has 17 heavy (non-hydrogen) atoms. The summed E-state index contributed by atoms with van der Waals surface area (Å²) in [5.74, 6) is -2.38. The number of benzene rings is 1. The molecule has 5 heteroatoms. The lowest BCUT2D eigenvalue weighted by molar-refractivity contribution is -0.116. The van der Waals surface area contributed by atoms with Crippen LogP contribution in [0, 0.1) is 5.82 Å². The van der Waals surface area contributed by atoms with E-state index < -0.39 is 17.3 Å². The summed E-state index contributed by atoms with van der Waals surface area (Å²) in [5, 5.41) is 11.1. The molecule has 0 saturated heterocycles. The van der Waals surface area contributed by atoms with Gasteiger partial charge in [0.05, 0.1) is 5.56 Å². The molecule has 0 fully saturated rings. The molecule has 0 aliphatic heterocycles. The van der Waals surface area contributed by atoms with Crippen LogP contribution in [-0.2, 0) is 4.79 Å². The number of hydrogen-bond acceptors (Lipinski definition) is 2. The Morgan fingerprint density at radius 2 is 2.12 bits per heavy atom. The van der Waals surface area contributed by atoms with E-state index in [1.165, 1.54) is 6.07 Å². The van der Waals surface area contributed by atoms with Gasteiger partial charge in [0.2, 0.25) is 5.91 Å². The van der Waals surface area contributed by atoms with Crippen LogP contribution in [-0.4, -0.2) is 17.0 Å². The van der Waals surface area contributed by atoms with Gasteiger partial charge in [-0.3, -0.25) is 4.79 Å². The fraction of sp³-hybridized carbons (Fsp3) is 0.333. The van der Waals surface area contributed by atoms with Gasteiger partial charge in [-0.1, -0.05) is 13.3 Å². The molecule has 1 rings (SSSR count). The fourth-order valence-electron chi connectivity index (χ4n) is 1.33. The number of aromatic carboxylic acids is 1. The second kappa shape index (κ2) is 5.98. The maximum atomic E-state index is 13.3. The molecule has 0 unspecified atom stereocenters. The highest BCUT2D eigenvalue weighted by atomic mass is 19.1. The number of anilines is 1. The maximum Gasteiger partial charge on any atom is 0.338 e.